The van der Waals surface area contributed by atoms with Gasteiger partial charge in [-0.05, 0) is 38.5 Å². The van der Waals surface area contributed by atoms with Crippen LogP contribution in [0.2, 0.25) is 5.02 Å². The number of thioether (sulfide) groups is 1. The molecule has 0 spiro atoms. The van der Waals surface area contributed by atoms with Crippen molar-refractivity contribution < 1.29 is 8.42 Å². The maximum atomic E-state index is 12.3. The van der Waals surface area contributed by atoms with E-state index >= 15 is 0 Å². The molecule has 1 aliphatic heterocycles. The van der Waals surface area contributed by atoms with Crippen LogP contribution in [0, 0.1) is 0 Å². The van der Waals surface area contributed by atoms with Crippen LogP contribution in [-0.2, 0) is 10.0 Å². The zero-order valence-electron chi connectivity index (χ0n) is 12.1. The summed E-state index contributed by atoms with van der Waals surface area (Å²) in [6.07, 6.45) is 3.49. The summed E-state index contributed by atoms with van der Waals surface area (Å²) in [5.41, 5.74) is 0. The summed E-state index contributed by atoms with van der Waals surface area (Å²) in [6.45, 7) is 5.11. The van der Waals surface area contributed by atoms with E-state index in [0.717, 1.165) is 18.6 Å². The van der Waals surface area contributed by atoms with E-state index in [1.807, 2.05) is 18.7 Å². The van der Waals surface area contributed by atoms with Crippen molar-refractivity contribution in [3.63, 3.8) is 0 Å². The fourth-order valence-corrected chi connectivity index (χ4v) is 4.95. The topological polar surface area (TPSA) is 71.1 Å². The zero-order valence-corrected chi connectivity index (χ0v) is 14.5. The molecule has 1 atom stereocenters. The molecule has 1 aliphatic rings. The first kappa shape index (κ1) is 16.9. The summed E-state index contributed by atoms with van der Waals surface area (Å²) in [5.74, 6) is 1.58. The summed E-state index contributed by atoms with van der Waals surface area (Å²) in [5, 5.41) is 3.28. The van der Waals surface area contributed by atoms with Crippen molar-refractivity contribution in [1.82, 2.24) is 9.71 Å². The molecule has 118 valence electrons. The summed E-state index contributed by atoms with van der Waals surface area (Å²) in [6, 6.07) is 1.43. The SMILES string of the molecule is CCNc1ncc(S(=O)(=O)NCC2(C)CCCS2)cc1Cl. The lowest BCUT2D eigenvalue weighted by Gasteiger charge is -2.22. The van der Waals surface area contributed by atoms with Crippen LogP contribution in [0.5, 0.6) is 0 Å². The van der Waals surface area contributed by atoms with Crippen molar-refractivity contribution in [2.45, 2.75) is 36.3 Å². The van der Waals surface area contributed by atoms with Gasteiger partial charge in [0.25, 0.3) is 0 Å². The van der Waals surface area contributed by atoms with Crippen LogP contribution >= 0.6 is 23.4 Å². The Kier molecular flexibility index (Phi) is 5.40. The van der Waals surface area contributed by atoms with Crippen LogP contribution in [0.1, 0.15) is 26.7 Å². The number of halogens is 1. The van der Waals surface area contributed by atoms with E-state index in [0.29, 0.717) is 23.9 Å². The molecule has 0 amide bonds. The van der Waals surface area contributed by atoms with Crippen LogP contribution in [0.15, 0.2) is 17.2 Å². The first-order valence-corrected chi connectivity index (χ1v) is 9.74. The Morgan fingerprint density at radius 1 is 1.52 bits per heavy atom. The van der Waals surface area contributed by atoms with Gasteiger partial charge in [0.2, 0.25) is 10.0 Å². The molecule has 1 saturated heterocycles. The van der Waals surface area contributed by atoms with Crippen LogP contribution in [0.3, 0.4) is 0 Å². The van der Waals surface area contributed by atoms with Crippen LogP contribution in [-0.4, -0.2) is 37.0 Å². The molecule has 1 unspecified atom stereocenters. The maximum absolute atomic E-state index is 12.3. The van der Waals surface area contributed by atoms with Gasteiger partial charge in [-0.2, -0.15) is 11.8 Å². The minimum absolute atomic E-state index is 0.0198. The average Bonchev–Trinajstić information content (AvgIpc) is 2.87. The number of rotatable bonds is 6. The number of hydrogen-bond donors (Lipinski definition) is 2. The van der Waals surface area contributed by atoms with Crippen molar-refractivity contribution in [3.05, 3.63) is 17.3 Å². The third kappa shape index (κ3) is 4.25. The number of nitrogens with zero attached hydrogens (tertiary/aromatic N) is 1. The molecule has 0 radical (unpaired) electrons. The Morgan fingerprint density at radius 2 is 2.29 bits per heavy atom. The van der Waals surface area contributed by atoms with Gasteiger partial charge in [0.1, 0.15) is 10.7 Å². The summed E-state index contributed by atoms with van der Waals surface area (Å²) < 4.78 is 27.3. The monoisotopic (exact) mass is 349 g/mol. The molecule has 0 aliphatic carbocycles. The molecule has 1 fully saturated rings. The van der Waals surface area contributed by atoms with Crippen molar-refractivity contribution in [2.24, 2.45) is 0 Å². The van der Waals surface area contributed by atoms with Gasteiger partial charge in [-0.1, -0.05) is 11.6 Å². The second-order valence-corrected chi connectivity index (χ2v) is 9.11. The van der Waals surface area contributed by atoms with Gasteiger partial charge in [0.15, 0.2) is 0 Å². The Balaban J connectivity index is 2.10. The molecule has 1 aromatic rings. The quantitative estimate of drug-likeness (QED) is 0.826. The highest BCUT2D eigenvalue weighted by atomic mass is 35.5. The number of pyridine rings is 1. The van der Waals surface area contributed by atoms with Gasteiger partial charge in [-0.25, -0.2) is 18.1 Å². The Labute approximate surface area is 135 Å². The van der Waals surface area contributed by atoms with Gasteiger partial charge < -0.3 is 5.32 Å². The molecule has 5 nitrogen and oxygen atoms in total. The van der Waals surface area contributed by atoms with Gasteiger partial charge in [0, 0.05) is 24.0 Å². The van der Waals surface area contributed by atoms with Crippen molar-refractivity contribution in [3.8, 4) is 0 Å². The Hall–Kier alpha value is -0.500. The molecule has 0 saturated carbocycles. The minimum atomic E-state index is -3.58. The molecular formula is C13H20ClN3O2S2. The highest BCUT2D eigenvalue weighted by Gasteiger charge is 2.31. The van der Waals surface area contributed by atoms with Gasteiger partial charge in [0.05, 0.1) is 5.02 Å². The molecule has 1 aromatic heterocycles. The lowest BCUT2D eigenvalue weighted by atomic mass is 10.1. The number of aromatic nitrogens is 1. The van der Waals surface area contributed by atoms with Crippen molar-refractivity contribution in [2.75, 3.05) is 24.2 Å². The second kappa shape index (κ2) is 6.73. The Bertz CT molecular complexity index is 601. The molecule has 2 N–H and O–H groups in total. The van der Waals surface area contributed by atoms with E-state index in [2.05, 4.69) is 21.9 Å². The van der Waals surface area contributed by atoms with Crippen molar-refractivity contribution >= 4 is 39.2 Å². The van der Waals surface area contributed by atoms with E-state index in [4.69, 9.17) is 11.6 Å². The maximum Gasteiger partial charge on any atom is 0.242 e. The van der Waals surface area contributed by atoms with Gasteiger partial charge >= 0.3 is 0 Å². The highest BCUT2D eigenvalue weighted by molar-refractivity contribution is 8.01. The predicted molar refractivity (Wildman–Crippen MR) is 88.7 cm³/mol. The van der Waals surface area contributed by atoms with E-state index in [9.17, 15) is 8.42 Å². The van der Waals surface area contributed by atoms with E-state index < -0.39 is 10.0 Å². The van der Waals surface area contributed by atoms with E-state index in [1.165, 1.54) is 12.3 Å². The first-order valence-electron chi connectivity index (χ1n) is 6.89. The minimum Gasteiger partial charge on any atom is -0.369 e. The third-order valence-electron chi connectivity index (χ3n) is 3.41. The summed E-state index contributed by atoms with van der Waals surface area (Å²) >= 11 is 7.86. The molecular weight excluding hydrogens is 330 g/mol. The number of sulfonamides is 1. The van der Waals surface area contributed by atoms with E-state index in [1.54, 1.807) is 0 Å². The third-order valence-corrected chi connectivity index (χ3v) is 6.60. The lowest BCUT2D eigenvalue weighted by molar-refractivity contribution is 0.552. The largest absolute Gasteiger partial charge is 0.369 e. The average molecular weight is 350 g/mol. The Morgan fingerprint density at radius 3 is 2.86 bits per heavy atom. The summed E-state index contributed by atoms with van der Waals surface area (Å²) in [7, 11) is -3.58. The van der Waals surface area contributed by atoms with Crippen LogP contribution in [0.4, 0.5) is 5.82 Å². The van der Waals surface area contributed by atoms with Crippen molar-refractivity contribution in [1.29, 1.82) is 0 Å². The highest BCUT2D eigenvalue weighted by Crippen LogP contribution is 2.37. The first-order chi connectivity index (χ1) is 9.86. The molecule has 2 heterocycles. The standard InChI is InChI=1S/C13H20ClN3O2S2/c1-3-15-12-11(14)7-10(8-16-12)21(18,19)17-9-13(2)5-4-6-20-13/h7-8,17H,3-6,9H2,1-2H3,(H,15,16). The lowest BCUT2D eigenvalue weighted by Crippen LogP contribution is -2.36. The van der Waals surface area contributed by atoms with E-state index in [-0.39, 0.29) is 9.64 Å². The van der Waals surface area contributed by atoms with Gasteiger partial charge in [-0.15, -0.1) is 0 Å². The fourth-order valence-electron chi connectivity index (χ4n) is 2.17. The normalized spacial score (nSPS) is 22.4. The molecule has 0 aromatic carbocycles. The molecule has 21 heavy (non-hydrogen) atoms. The fraction of sp³-hybridized carbons (Fsp3) is 0.615. The van der Waals surface area contributed by atoms with Crippen LogP contribution < -0.4 is 10.0 Å². The number of anilines is 1. The number of nitrogens with one attached hydrogen (secondary N) is 2. The second-order valence-electron chi connectivity index (χ2n) is 5.26. The molecule has 0 bridgehead atoms. The van der Waals surface area contributed by atoms with Crippen LogP contribution in [0.25, 0.3) is 0 Å². The molecule has 8 heteroatoms. The van der Waals surface area contributed by atoms with Gasteiger partial charge in [-0.3, -0.25) is 0 Å². The summed E-state index contributed by atoms with van der Waals surface area (Å²) in [4.78, 5) is 4.16. The smallest absolute Gasteiger partial charge is 0.242 e. The zero-order chi connectivity index (χ0) is 15.5. The number of hydrogen-bond acceptors (Lipinski definition) is 5. The predicted octanol–water partition coefficient (Wildman–Crippen LogP) is 2.73. The molecule has 2 rings (SSSR count).